The molecule has 0 saturated heterocycles. The summed E-state index contributed by atoms with van der Waals surface area (Å²) in [5.74, 6) is 3.41. The van der Waals surface area contributed by atoms with Gasteiger partial charge in [-0.25, -0.2) is 4.39 Å². The van der Waals surface area contributed by atoms with Crippen LogP contribution >= 0.6 is 11.8 Å². The summed E-state index contributed by atoms with van der Waals surface area (Å²) in [6.45, 7) is 5.09. The van der Waals surface area contributed by atoms with Gasteiger partial charge < -0.3 is 5.32 Å². The van der Waals surface area contributed by atoms with Crippen molar-refractivity contribution < 1.29 is 13.4 Å². The number of thioether (sulfide) groups is 1. The molecule has 1 aromatic carbocycles. The Morgan fingerprint density at radius 3 is 1.88 bits per heavy atom. The molecule has 0 heterocycles. The summed E-state index contributed by atoms with van der Waals surface area (Å²) in [6.07, 6.45) is 8.87. The molecule has 2 aliphatic rings. The summed E-state index contributed by atoms with van der Waals surface area (Å²) >= 11 is 1.40. The van der Waals surface area contributed by atoms with Crippen molar-refractivity contribution in [3.8, 4) is 0 Å². The monoisotopic (exact) mass is 383 g/mol. The molecule has 1 atom stereocenters. The van der Waals surface area contributed by atoms with E-state index in [4.69, 9.17) is 0 Å². The standard InChI is InChI=1S/C14H16FNO.C5H10OS2/c1-8(17)16-14-11-6-2-4-9(11)13(15)10-5-3-7-12(10)14;1-5(7-2)8(3,4)6/h2-7H2,1H3,(H,16,17);1,3H2,2,4H3. The van der Waals surface area contributed by atoms with Crippen molar-refractivity contribution in [2.24, 2.45) is 0 Å². The van der Waals surface area contributed by atoms with Gasteiger partial charge in [-0.1, -0.05) is 6.58 Å². The Bertz CT molecular complexity index is 778. The molecular formula is C19H26FNO2S2. The lowest BCUT2D eigenvalue weighted by Gasteiger charge is -2.16. The summed E-state index contributed by atoms with van der Waals surface area (Å²) < 4.78 is 25.8. The molecule has 1 N–H and O–H groups in total. The van der Waals surface area contributed by atoms with E-state index in [0.717, 1.165) is 66.5 Å². The molecule has 2 aliphatic carbocycles. The minimum Gasteiger partial charge on any atom is -0.326 e. The summed E-state index contributed by atoms with van der Waals surface area (Å²) in [5, 5.41) is 2.93. The maximum atomic E-state index is 14.3. The highest BCUT2D eigenvalue weighted by atomic mass is 32.3. The fourth-order valence-corrected chi connectivity index (χ4v) is 4.80. The summed E-state index contributed by atoms with van der Waals surface area (Å²) in [6, 6.07) is 0. The highest BCUT2D eigenvalue weighted by Gasteiger charge is 2.29. The van der Waals surface area contributed by atoms with E-state index < -0.39 is 9.52 Å². The van der Waals surface area contributed by atoms with Crippen LogP contribution in [-0.4, -0.2) is 28.5 Å². The zero-order valence-electron chi connectivity index (χ0n) is 15.2. The van der Waals surface area contributed by atoms with Crippen LogP contribution in [0, 0.1) is 5.82 Å². The van der Waals surface area contributed by atoms with Gasteiger partial charge in [0.1, 0.15) is 5.82 Å². The van der Waals surface area contributed by atoms with E-state index in [1.54, 1.807) is 6.26 Å². The second-order valence-corrected chi connectivity index (χ2v) is 10.2. The highest BCUT2D eigenvalue weighted by Crippen LogP contribution is 2.40. The van der Waals surface area contributed by atoms with Gasteiger partial charge in [-0.2, -0.15) is 0 Å². The van der Waals surface area contributed by atoms with Gasteiger partial charge in [-0.15, -0.1) is 11.8 Å². The van der Waals surface area contributed by atoms with Gasteiger partial charge in [0.25, 0.3) is 0 Å². The first-order chi connectivity index (χ1) is 11.7. The Balaban J connectivity index is 0.000000242. The molecule has 3 nitrogen and oxygen atoms in total. The van der Waals surface area contributed by atoms with Crippen LogP contribution in [-0.2, 0) is 40.0 Å². The van der Waals surface area contributed by atoms with Crippen LogP contribution in [0.25, 0.3) is 0 Å². The van der Waals surface area contributed by atoms with Crippen LogP contribution < -0.4 is 5.32 Å². The fourth-order valence-electron chi connectivity index (χ4n) is 3.39. The number of anilines is 1. The first-order valence-electron chi connectivity index (χ1n) is 8.34. The van der Waals surface area contributed by atoms with Gasteiger partial charge >= 0.3 is 0 Å². The zero-order valence-corrected chi connectivity index (χ0v) is 16.8. The SMILES string of the molecule is C=C(SC)S(=C)(C)=O.CC(=O)Nc1c2c(c(F)c3c1CCC3)CCC2. The fraction of sp³-hybridized carbons (Fsp3) is 0.474. The van der Waals surface area contributed by atoms with Crippen LogP contribution in [0.5, 0.6) is 0 Å². The topological polar surface area (TPSA) is 46.2 Å². The van der Waals surface area contributed by atoms with Crippen molar-refractivity contribution >= 4 is 38.7 Å². The lowest BCUT2D eigenvalue weighted by Crippen LogP contribution is -2.12. The first-order valence-corrected chi connectivity index (χ1v) is 11.7. The van der Waals surface area contributed by atoms with Gasteiger partial charge in [0, 0.05) is 18.9 Å². The third-order valence-corrected chi connectivity index (χ3v) is 7.56. The van der Waals surface area contributed by atoms with E-state index in [2.05, 4.69) is 17.8 Å². The van der Waals surface area contributed by atoms with Crippen LogP contribution in [0.15, 0.2) is 10.8 Å². The minimum absolute atomic E-state index is 0.0131. The predicted molar refractivity (Wildman–Crippen MR) is 109 cm³/mol. The smallest absolute Gasteiger partial charge is 0.221 e. The molecule has 6 heteroatoms. The molecule has 3 rings (SSSR count). The molecule has 1 aromatic rings. The van der Waals surface area contributed by atoms with Gasteiger partial charge in [-0.05, 0) is 82.4 Å². The number of benzene rings is 1. The molecule has 138 valence electrons. The molecule has 1 unspecified atom stereocenters. The van der Waals surface area contributed by atoms with Crippen LogP contribution in [0.4, 0.5) is 10.1 Å². The molecule has 0 aliphatic heterocycles. The average molecular weight is 384 g/mol. The third-order valence-electron chi connectivity index (χ3n) is 4.58. The van der Waals surface area contributed by atoms with E-state index in [0.29, 0.717) is 4.24 Å². The molecular weight excluding hydrogens is 357 g/mol. The maximum Gasteiger partial charge on any atom is 0.221 e. The number of hydrogen-bond donors (Lipinski definition) is 1. The Hall–Kier alpha value is -1.27. The number of amides is 1. The highest BCUT2D eigenvalue weighted by molar-refractivity contribution is 8.21. The molecule has 0 fully saturated rings. The van der Waals surface area contributed by atoms with Crippen molar-refractivity contribution in [3.63, 3.8) is 0 Å². The number of hydrogen-bond acceptors (Lipinski definition) is 3. The summed E-state index contributed by atoms with van der Waals surface area (Å²) in [5.41, 5.74) is 4.75. The lowest BCUT2D eigenvalue weighted by atomic mass is 9.97. The molecule has 1 amide bonds. The molecule has 0 spiro atoms. The van der Waals surface area contributed by atoms with E-state index in [9.17, 15) is 13.4 Å². The first kappa shape index (κ1) is 20.0. The quantitative estimate of drug-likeness (QED) is 0.805. The van der Waals surface area contributed by atoms with Gasteiger partial charge in [-0.3, -0.25) is 9.00 Å². The van der Waals surface area contributed by atoms with Crippen molar-refractivity contribution in [2.75, 3.05) is 17.8 Å². The number of fused-ring (bicyclic) bond motifs is 2. The summed E-state index contributed by atoms with van der Waals surface area (Å²) in [7, 11) is -1.98. The zero-order chi connectivity index (χ0) is 18.8. The number of carbonyl (C=O) groups excluding carboxylic acids is 1. The molecule has 0 radical (unpaired) electrons. The molecule has 0 saturated carbocycles. The Morgan fingerprint density at radius 1 is 1.12 bits per heavy atom. The van der Waals surface area contributed by atoms with E-state index in [-0.39, 0.29) is 11.7 Å². The van der Waals surface area contributed by atoms with Crippen molar-refractivity contribution in [1.29, 1.82) is 0 Å². The molecule has 0 bridgehead atoms. The van der Waals surface area contributed by atoms with Crippen LogP contribution in [0.2, 0.25) is 0 Å². The third kappa shape index (κ3) is 4.47. The van der Waals surface area contributed by atoms with Crippen LogP contribution in [0.1, 0.15) is 42.0 Å². The predicted octanol–water partition coefficient (Wildman–Crippen LogP) is 3.93. The normalized spacial score (nSPS) is 17.0. The van der Waals surface area contributed by atoms with E-state index >= 15 is 0 Å². The Kier molecular flexibility index (Phi) is 6.38. The van der Waals surface area contributed by atoms with Gasteiger partial charge in [0.05, 0.1) is 4.24 Å². The minimum atomic E-state index is -1.98. The van der Waals surface area contributed by atoms with Crippen molar-refractivity contribution in [1.82, 2.24) is 0 Å². The number of nitrogens with one attached hydrogen (secondary N) is 1. The largest absolute Gasteiger partial charge is 0.326 e. The molecule has 0 aromatic heterocycles. The van der Waals surface area contributed by atoms with Crippen molar-refractivity contribution in [2.45, 2.75) is 45.4 Å². The number of carbonyl (C=O) groups is 1. The van der Waals surface area contributed by atoms with Crippen LogP contribution in [0.3, 0.4) is 0 Å². The lowest BCUT2D eigenvalue weighted by molar-refractivity contribution is -0.114. The van der Waals surface area contributed by atoms with Gasteiger partial charge in [0.15, 0.2) is 0 Å². The van der Waals surface area contributed by atoms with E-state index in [1.807, 2.05) is 6.26 Å². The second-order valence-electron chi connectivity index (χ2n) is 6.57. The van der Waals surface area contributed by atoms with Crippen molar-refractivity contribution in [3.05, 3.63) is 38.9 Å². The summed E-state index contributed by atoms with van der Waals surface area (Å²) in [4.78, 5) is 11.3. The Morgan fingerprint density at radius 2 is 1.56 bits per heavy atom. The second kappa shape index (κ2) is 7.96. The number of halogens is 1. The number of rotatable bonds is 3. The maximum absolute atomic E-state index is 14.3. The molecule has 25 heavy (non-hydrogen) atoms. The Labute approximate surface area is 154 Å². The average Bonchev–Trinajstić information content (AvgIpc) is 3.19. The van der Waals surface area contributed by atoms with Gasteiger partial charge in [0.2, 0.25) is 5.91 Å². The van der Waals surface area contributed by atoms with E-state index in [1.165, 1.54) is 18.7 Å².